The standard InChI is InChI=1S/C19H23N3O/c23-18(16-1-2-17-20-3-4-22(17)11-16)21-12-19-8-13-5-14(9-19)7-15(6-13)10-19/h1-4,11,13-15H,5-10,12H2,(H,21,23). The minimum atomic E-state index is 0.0522. The summed E-state index contributed by atoms with van der Waals surface area (Å²) in [5, 5.41) is 3.24. The van der Waals surface area contributed by atoms with Gasteiger partial charge in [0, 0.05) is 25.1 Å². The van der Waals surface area contributed by atoms with Crippen LogP contribution >= 0.6 is 0 Å². The highest BCUT2D eigenvalue weighted by molar-refractivity contribution is 5.94. The number of hydrogen-bond donors (Lipinski definition) is 1. The topological polar surface area (TPSA) is 46.4 Å². The first-order valence-corrected chi connectivity index (χ1v) is 8.90. The molecule has 4 nitrogen and oxygen atoms in total. The number of amides is 1. The summed E-state index contributed by atoms with van der Waals surface area (Å²) in [6, 6.07) is 3.77. The van der Waals surface area contributed by atoms with E-state index in [1.165, 1.54) is 38.5 Å². The van der Waals surface area contributed by atoms with Crippen molar-refractivity contribution in [3.8, 4) is 0 Å². The van der Waals surface area contributed by atoms with Crippen molar-refractivity contribution < 1.29 is 4.79 Å². The summed E-state index contributed by atoms with van der Waals surface area (Å²) in [4.78, 5) is 16.8. The van der Waals surface area contributed by atoms with Crippen molar-refractivity contribution in [1.29, 1.82) is 0 Å². The molecule has 4 saturated carbocycles. The van der Waals surface area contributed by atoms with Gasteiger partial charge in [0.2, 0.25) is 0 Å². The van der Waals surface area contributed by atoms with Crippen LogP contribution in [0.2, 0.25) is 0 Å². The van der Waals surface area contributed by atoms with E-state index in [4.69, 9.17) is 0 Å². The molecule has 4 heteroatoms. The first-order chi connectivity index (χ1) is 11.2. The predicted molar refractivity (Wildman–Crippen MR) is 88.1 cm³/mol. The molecule has 2 aromatic rings. The normalized spacial score (nSPS) is 34.9. The molecular formula is C19H23N3O. The highest BCUT2D eigenvalue weighted by Crippen LogP contribution is 2.59. The quantitative estimate of drug-likeness (QED) is 0.946. The van der Waals surface area contributed by atoms with Crippen LogP contribution in [-0.2, 0) is 0 Å². The number of aromatic nitrogens is 2. The van der Waals surface area contributed by atoms with Crippen LogP contribution in [0, 0.1) is 23.2 Å². The van der Waals surface area contributed by atoms with Crippen LogP contribution in [0.15, 0.2) is 30.7 Å². The van der Waals surface area contributed by atoms with E-state index in [2.05, 4.69) is 10.3 Å². The van der Waals surface area contributed by atoms with E-state index in [1.807, 2.05) is 28.9 Å². The molecule has 4 bridgehead atoms. The summed E-state index contributed by atoms with van der Waals surface area (Å²) in [7, 11) is 0. The Labute approximate surface area is 136 Å². The number of hydrogen-bond acceptors (Lipinski definition) is 2. The van der Waals surface area contributed by atoms with E-state index in [0.717, 1.165) is 35.5 Å². The van der Waals surface area contributed by atoms with Gasteiger partial charge in [-0.1, -0.05) is 0 Å². The average Bonchev–Trinajstić information content (AvgIpc) is 2.99. The molecule has 0 aromatic carbocycles. The molecule has 0 unspecified atom stereocenters. The zero-order valence-electron chi connectivity index (χ0n) is 13.4. The van der Waals surface area contributed by atoms with Crippen molar-refractivity contribution in [3.63, 3.8) is 0 Å². The Morgan fingerprint density at radius 1 is 1.17 bits per heavy atom. The van der Waals surface area contributed by atoms with Gasteiger partial charge in [0.05, 0.1) is 5.56 Å². The lowest BCUT2D eigenvalue weighted by Crippen LogP contribution is -2.51. The Balaban J connectivity index is 1.31. The molecule has 1 amide bonds. The highest BCUT2D eigenvalue weighted by Gasteiger charge is 2.50. The zero-order chi connectivity index (χ0) is 15.4. The number of carbonyl (C=O) groups excluding carboxylic acids is 1. The smallest absolute Gasteiger partial charge is 0.252 e. The van der Waals surface area contributed by atoms with Gasteiger partial charge in [-0.15, -0.1) is 0 Å². The van der Waals surface area contributed by atoms with Gasteiger partial charge < -0.3 is 9.72 Å². The van der Waals surface area contributed by atoms with Crippen molar-refractivity contribution in [2.45, 2.75) is 38.5 Å². The van der Waals surface area contributed by atoms with Gasteiger partial charge >= 0.3 is 0 Å². The maximum Gasteiger partial charge on any atom is 0.252 e. The van der Waals surface area contributed by atoms with Gasteiger partial charge in [-0.2, -0.15) is 0 Å². The van der Waals surface area contributed by atoms with Crippen LogP contribution in [0.4, 0.5) is 0 Å². The molecular weight excluding hydrogens is 286 g/mol. The van der Waals surface area contributed by atoms with Gasteiger partial charge in [-0.3, -0.25) is 4.79 Å². The van der Waals surface area contributed by atoms with Gasteiger partial charge in [0.25, 0.3) is 5.91 Å². The largest absolute Gasteiger partial charge is 0.351 e. The van der Waals surface area contributed by atoms with Crippen LogP contribution in [-0.4, -0.2) is 21.8 Å². The lowest BCUT2D eigenvalue weighted by atomic mass is 9.49. The lowest BCUT2D eigenvalue weighted by molar-refractivity contribution is -0.0503. The van der Waals surface area contributed by atoms with Gasteiger partial charge in [-0.05, 0) is 73.8 Å². The van der Waals surface area contributed by atoms with Crippen LogP contribution in [0.1, 0.15) is 48.9 Å². The molecule has 4 aliphatic carbocycles. The molecule has 0 spiro atoms. The van der Waals surface area contributed by atoms with Crippen molar-refractivity contribution >= 4 is 11.6 Å². The number of carbonyl (C=O) groups is 1. The highest BCUT2D eigenvalue weighted by atomic mass is 16.1. The van der Waals surface area contributed by atoms with E-state index < -0.39 is 0 Å². The Bertz CT molecular complexity index is 728. The third-order valence-corrected chi connectivity index (χ3v) is 6.44. The number of pyridine rings is 1. The molecule has 2 heterocycles. The monoisotopic (exact) mass is 309 g/mol. The van der Waals surface area contributed by atoms with Gasteiger partial charge in [-0.25, -0.2) is 4.98 Å². The number of rotatable bonds is 3. The van der Waals surface area contributed by atoms with Crippen LogP contribution < -0.4 is 5.32 Å². The first kappa shape index (κ1) is 13.6. The molecule has 23 heavy (non-hydrogen) atoms. The molecule has 120 valence electrons. The number of nitrogens with zero attached hydrogens (tertiary/aromatic N) is 2. The van der Waals surface area contributed by atoms with Gasteiger partial charge in [0.1, 0.15) is 5.65 Å². The van der Waals surface area contributed by atoms with Gasteiger partial charge in [0.15, 0.2) is 0 Å². The SMILES string of the molecule is O=C(NCC12CC3CC(CC(C3)C1)C2)c1ccc2nccn2c1. The van der Waals surface area contributed by atoms with E-state index >= 15 is 0 Å². The molecule has 0 saturated heterocycles. The Morgan fingerprint density at radius 2 is 1.87 bits per heavy atom. The minimum absolute atomic E-state index is 0.0522. The number of fused-ring (bicyclic) bond motifs is 1. The molecule has 0 radical (unpaired) electrons. The molecule has 0 aliphatic heterocycles. The fourth-order valence-corrected chi connectivity index (χ4v) is 5.93. The summed E-state index contributed by atoms with van der Waals surface area (Å²) in [6.07, 6.45) is 13.9. The first-order valence-electron chi connectivity index (χ1n) is 8.90. The van der Waals surface area contributed by atoms with E-state index in [0.29, 0.717) is 5.41 Å². The summed E-state index contributed by atoms with van der Waals surface area (Å²) in [5.74, 6) is 2.85. The Morgan fingerprint density at radius 3 is 2.57 bits per heavy atom. The van der Waals surface area contributed by atoms with Crippen LogP contribution in [0.5, 0.6) is 0 Å². The van der Waals surface area contributed by atoms with Crippen LogP contribution in [0.25, 0.3) is 5.65 Å². The van der Waals surface area contributed by atoms with Crippen molar-refractivity contribution in [1.82, 2.24) is 14.7 Å². The second-order valence-corrected chi connectivity index (χ2v) is 8.21. The molecule has 0 atom stereocenters. The van der Waals surface area contributed by atoms with E-state index in [-0.39, 0.29) is 5.91 Å². The molecule has 4 fully saturated rings. The van der Waals surface area contributed by atoms with Crippen LogP contribution in [0.3, 0.4) is 0 Å². The van der Waals surface area contributed by atoms with E-state index in [9.17, 15) is 4.79 Å². The van der Waals surface area contributed by atoms with Crippen molar-refractivity contribution in [2.24, 2.45) is 23.2 Å². The molecule has 1 N–H and O–H groups in total. The fourth-order valence-electron chi connectivity index (χ4n) is 5.93. The Kier molecular flexibility index (Phi) is 2.85. The average molecular weight is 309 g/mol. The third-order valence-electron chi connectivity index (χ3n) is 6.44. The Hall–Kier alpha value is -1.84. The second-order valence-electron chi connectivity index (χ2n) is 8.21. The summed E-state index contributed by atoms with van der Waals surface area (Å²) in [6.45, 7) is 0.858. The maximum atomic E-state index is 12.6. The third kappa shape index (κ3) is 2.27. The van der Waals surface area contributed by atoms with Crippen molar-refractivity contribution in [2.75, 3.05) is 6.54 Å². The summed E-state index contributed by atoms with van der Waals surface area (Å²) in [5.41, 5.74) is 1.99. The zero-order valence-corrected chi connectivity index (χ0v) is 13.4. The second kappa shape index (κ2) is 4.83. The summed E-state index contributed by atoms with van der Waals surface area (Å²) < 4.78 is 1.90. The number of imidazole rings is 1. The number of nitrogens with one attached hydrogen (secondary N) is 1. The summed E-state index contributed by atoms with van der Waals surface area (Å²) >= 11 is 0. The lowest BCUT2D eigenvalue weighted by Gasteiger charge is -2.56. The minimum Gasteiger partial charge on any atom is -0.351 e. The van der Waals surface area contributed by atoms with Crippen molar-refractivity contribution in [3.05, 3.63) is 36.3 Å². The predicted octanol–water partition coefficient (Wildman–Crippen LogP) is 3.28. The fraction of sp³-hybridized carbons (Fsp3) is 0.579. The molecule has 2 aromatic heterocycles. The molecule has 6 rings (SSSR count). The maximum absolute atomic E-state index is 12.6. The van der Waals surface area contributed by atoms with E-state index in [1.54, 1.807) is 6.20 Å². The molecule has 4 aliphatic rings.